The summed E-state index contributed by atoms with van der Waals surface area (Å²) < 4.78 is 56.3. The van der Waals surface area contributed by atoms with E-state index in [1.165, 1.54) is 39.4 Å². The van der Waals surface area contributed by atoms with Crippen molar-refractivity contribution >= 4 is 0 Å². The highest BCUT2D eigenvalue weighted by Gasteiger charge is 2.69. The summed E-state index contributed by atoms with van der Waals surface area (Å²) in [5.41, 5.74) is 1.59. The number of ether oxygens (including phenoxy) is 9. The summed E-state index contributed by atoms with van der Waals surface area (Å²) in [6.45, 7) is 13.4. The average molecular weight is 883 g/mol. The van der Waals surface area contributed by atoms with Gasteiger partial charge in [-0.3, -0.25) is 0 Å². The van der Waals surface area contributed by atoms with Crippen LogP contribution in [-0.4, -0.2) is 166 Å². The summed E-state index contributed by atoms with van der Waals surface area (Å²) in [5.74, 6) is 2.71. The third-order valence-electron chi connectivity index (χ3n) is 17.8. The molecule has 5 aliphatic heterocycles. The molecule has 6 unspecified atom stereocenters. The summed E-state index contributed by atoms with van der Waals surface area (Å²) in [6.07, 6.45) is -9.25. The molecule has 0 aromatic rings. The van der Waals surface area contributed by atoms with Crippen molar-refractivity contribution < 1.29 is 78.4 Å². The van der Waals surface area contributed by atoms with Crippen LogP contribution >= 0.6 is 0 Å². The van der Waals surface area contributed by atoms with Crippen molar-refractivity contribution in [3.63, 3.8) is 0 Å². The fourth-order valence-electron chi connectivity index (χ4n) is 14.1. The Hall–Kier alpha value is -0.900. The first kappa shape index (κ1) is 46.2. The lowest BCUT2D eigenvalue weighted by Gasteiger charge is -2.59. The number of aliphatic hydroxyl groups excluding tert-OH is 7. The topological polar surface area (TPSA) is 225 Å². The van der Waals surface area contributed by atoms with Crippen molar-refractivity contribution in [1.29, 1.82) is 0 Å². The zero-order valence-corrected chi connectivity index (χ0v) is 37.4. The van der Waals surface area contributed by atoms with E-state index in [4.69, 9.17) is 42.6 Å². The molecule has 5 heterocycles. The summed E-state index contributed by atoms with van der Waals surface area (Å²) >= 11 is 0. The van der Waals surface area contributed by atoms with Crippen molar-refractivity contribution in [2.75, 3.05) is 20.3 Å². The van der Waals surface area contributed by atoms with E-state index >= 15 is 0 Å². The fraction of sp³-hybridized carbons (Fsp3) is 0.957. The van der Waals surface area contributed by atoms with E-state index in [1.807, 2.05) is 0 Å². The van der Waals surface area contributed by atoms with Crippen molar-refractivity contribution in [2.24, 2.45) is 46.3 Å². The van der Waals surface area contributed by atoms with Gasteiger partial charge in [-0.15, -0.1) is 0 Å². The quantitative estimate of drug-likeness (QED) is 0.173. The smallest absolute Gasteiger partial charge is 0.187 e. The summed E-state index contributed by atoms with van der Waals surface area (Å²) in [7, 11) is 1.46. The molecule has 8 fully saturated rings. The first-order valence-electron chi connectivity index (χ1n) is 23.6. The van der Waals surface area contributed by atoms with E-state index in [0.29, 0.717) is 41.9 Å². The molecule has 4 aliphatic carbocycles. The maximum atomic E-state index is 12.1. The van der Waals surface area contributed by atoms with E-state index in [2.05, 4.69) is 33.8 Å². The third kappa shape index (κ3) is 7.59. The molecular weight excluding hydrogens is 808 g/mol. The van der Waals surface area contributed by atoms with Gasteiger partial charge in [-0.25, -0.2) is 0 Å². The highest BCUT2D eigenvalue weighted by Crippen LogP contribution is 2.70. The molecule has 7 N–H and O–H groups in total. The zero-order chi connectivity index (χ0) is 44.2. The molecule has 5 saturated heterocycles. The Labute approximate surface area is 365 Å². The van der Waals surface area contributed by atoms with Gasteiger partial charge in [0.25, 0.3) is 0 Å². The van der Waals surface area contributed by atoms with Gasteiger partial charge in [0.15, 0.2) is 24.7 Å². The maximum absolute atomic E-state index is 12.1. The highest BCUT2D eigenvalue weighted by molar-refractivity contribution is 5.26. The van der Waals surface area contributed by atoms with Crippen LogP contribution in [0.15, 0.2) is 11.6 Å². The Bertz CT molecular complexity index is 1610. The van der Waals surface area contributed by atoms with E-state index in [0.717, 1.165) is 45.1 Å². The molecular formula is C46H74O16. The predicted molar refractivity (Wildman–Crippen MR) is 218 cm³/mol. The van der Waals surface area contributed by atoms with Gasteiger partial charge < -0.3 is 78.4 Å². The minimum Gasteiger partial charge on any atom is -0.388 e. The largest absolute Gasteiger partial charge is 0.388 e. The number of fused-ring (bicyclic) bond motifs is 7. The minimum absolute atomic E-state index is 0.00174. The van der Waals surface area contributed by atoms with Gasteiger partial charge in [-0.1, -0.05) is 39.3 Å². The molecule has 354 valence electrons. The van der Waals surface area contributed by atoms with Crippen LogP contribution in [-0.2, 0) is 42.6 Å². The number of hydrogen-bond acceptors (Lipinski definition) is 16. The number of aliphatic hydroxyl groups is 7. The molecule has 9 aliphatic rings. The van der Waals surface area contributed by atoms with Gasteiger partial charge >= 0.3 is 0 Å². The first-order chi connectivity index (χ1) is 29.4. The minimum atomic E-state index is -1.68. The molecule has 1 spiro atoms. The Balaban J connectivity index is 0.924. The van der Waals surface area contributed by atoms with Crippen molar-refractivity contribution in [3.8, 4) is 0 Å². The Morgan fingerprint density at radius 2 is 1.35 bits per heavy atom. The van der Waals surface area contributed by atoms with E-state index in [1.54, 1.807) is 0 Å². The normalized spacial score (nSPS) is 57.6. The molecule has 62 heavy (non-hydrogen) atoms. The van der Waals surface area contributed by atoms with Crippen molar-refractivity contribution in [3.05, 3.63) is 11.6 Å². The summed E-state index contributed by atoms with van der Waals surface area (Å²) in [6, 6.07) is 0. The second-order valence-corrected chi connectivity index (χ2v) is 21.3. The molecule has 0 amide bonds. The lowest BCUT2D eigenvalue weighted by atomic mass is 9.47. The molecule has 0 radical (unpaired) electrons. The third-order valence-corrected chi connectivity index (χ3v) is 17.8. The van der Waals surface area contributed by atoms with Gasteiger partial charge in [0.1, 0.15) is 61.0 Å². The second-order valence-electron chi connectivity index (χ2n) is 21.3. The number of rotatable bonds is 8. The number of allylic oxidation sites excluding steroid dienone is 1. The maximum Gasteiger partial charge on any atom is 0.187 e. The molecule has 16 heteroatoms. The monoisotopic (exact) mass is 882 g/mol. The molecule has 9 rings (SSSR count). The SMILES string of the molecule is COC[C@H]1O[C@@H](O[C@H]2CC[C@@]3(C)C(=CCC4C5CC6O[C@]7(CC[C@@H](C)CO7)C(C)C6[C@@]5(C)CCC43)C2)[C@H](O[C@@H]2O[C@@H](C)[C@H](O)[C@@H](O)[C@H]2O)[C@@H](O)[C@@H]1O[C@@H]1O[C@@H](C)[C@H](O)[C@@H](O)[C@H]1O. The molecule has 0 aromatic heterocycles. The zero-order valence-electron chi connectivity index (χ0n) is 37.4. The van der Waals surface area contributed by atoms with Crippen molar-refractivity contribution in [2.45, 2.75) is 209 Å². The Kier molecular flexibility index (Phi) is 12.9. The van der Waals surface area contributed by atoms with Crippen LogP contribution < -0.4 is 0 Å². The van der Waals surface area contributed by atoms with Crippen LogP contribution in [0.25, 0.3) is 0 Å². The Morgan fingerprint density at radius 3 is 1.98 bits per heavy atom. The van der Waals surface area contributed by atoms with Gasteiger partial charge in [-0.05, 0) is 106 Å². The average Bonchev–Trinajstić information content (AvgIpc) is 3.69. The molecule has 0 bridgehead atoms. The summed E-state index contributed by atoms with van der Waals surface area (Å²) in [5, 5.41) is 75.8. The molecule has 0 aromatic carbocycles. The molecule has 16 nitrogen and oxygen atoms in total. The van der Waals surface area contributed by atoms with E-state index in [9.17, 15) is 35.7 Å². The second kappa shape index (κ2) is 17.3. The Morgan fingerprint density at radius 1 is 0.694 bits per heavy atom. The first-order valence-corrected chi connectivity index (χ1v) is 23.6. The molecule has 3 saturated carbocycles. The van der Waals surface area contributed by atoms with E-state index in [-0.39, 0.29) is 29.6 Å². The van der Waals surface area contributed by atoms with Crippen LogP contribution in [0.4, 0.5) is 0 Å². The van der Waals surface area contributed by atoms with Crippen LogP contribution in [0, 0.1) is 46.3 Å². The van der Waals surface area contributed by atoms with Crippen LogP contribution in [0.1, 0.15) is 99.3 Å². The number of hydrogen-bond donors (Lipinski definition) is 7. The predicted octanol–water partition coefficient (Wildman–Crippen LogP) is 1.90. The fourth-order valence-corrected chi connectivity index (χ4v) is 14.1. The lowest BCUT2D eigenvalue weighted by molar-refractivity contribution is -0.389. The van der Waals surface area contributed by atoms with E-state index < -0.39 is 97.9 Å². The molecule has 26 atom stereocenters. The van der Waals surface area contributed by atoms with Gasteiger partial charge in [-0.2, -0.15) is 0 Å². The van der Waals surface area contributed by atoms with Gasteiger partial charge in [0, 0.05) is 19.4 Å². The standard InChI is InChI=1S/C46H74O16/c1-20-10-15-46(55-18-20)21(2)31-29(62-46)17-28-26-9-8-24-16-25(11-13-44(24,5)27(26)12-14-45(28,31)6)58-43-40(61-42-37(52)35(50)33(48)23(4)57-42)38(53)39(30(59-43)19-54-7)60-41-36(51)34(49)32(47)22(3)56-41/h8,20-23,25-43,47-53H,9-19H2,1-7H3/t20-,21?,22+,23+,25+,26?,27?,28?,29?,30-,31?,32+,33+,34-,35-,36-,37-,38+,39-,40-,41+,42+,43-,44+,45+,46-/m1/s1. The number of methoxy groups -OCH3 is 1. The van der Waals surface area contributed by atoms with Gasteiger partial charge in [0.2, 0.25) is 0 Å². The van der Waals surface area contributed by atoms with Crippen molar-refractivity contribution in [1.82, 2.24) is 0 Å². The summed E-state index contributed by atoms with van der Waals surface area (Å²) in [4.78, 5) is 0. The lowest BCUT2D eigenvalue weighted by Crippen LogP contribution is -2.66. The van der Waals surface area contributed by atoms with Crippen LogP contribution in [0.2, 0.25) is 0 Å². The van der Waals surface area contributed by atoms with Crippen LogP contribution in [0.5, 0.6) is 0 Å². The van der Waals surface area contributed by atoms with Gasteiger partial charge in [0.05, 0.1) is 37.6 Å². The van der Waals surface area contributed by atoms with Crippen LogP contribution in [0.3, 0.4) is 0 Å². The highest BCUT2D eigenvalue weighted by atomic mass is 16.8.